The fraction of sp³-hybridized carbons (Fsp3) is 0.300. The summed E-state index contributed by atoms with van der Waals surface area (Å²) in [6, 6.07) is 6.22. The lowest BCUT2D eigenvalue weighted by Gasteiger charge is -2.22. The topological polar surface area (TPSA) is 53.0 Å². The maximum atomic E-state index is 12.2. The fourth-order valence-corrected chi connectivity index (χ4v) is 1.34. The van der Waals surface area contributed by atoms with Crippen LogP contribution < -0.4 is 10.6 Å². The Labute approximate surface area is 90.9 Å². The van der Waals surface area contributed by atoms with Gasteiger partial charge in [0.05, 0.1) is 16.9 Å². The third-order valence-electron chi connectivity index (χ3n) is 2.03. The molecule has 86 valence electrons. The molecular weight excluding hydrogens is 219 g/mol. The number of nitrogen functional groups attached to an aromatic ring is 1. The minimum Gasteiger partial charge on any atom is -0.396 e. The van der Waals surface area contributed by atoms with Gasteiger partial charge in [0.15, 0.2) is 0 Å². The molecule has 0 fully saturated rings. The van der Waals surface area contributed by atoms with E-state index in [9.17, 15) is 13.2 Å². The molecule has 3 nitrogen and oxygen atoms in total. The van der Waals surface area contributed by atoms with E-state index in [1.807, 2.05) is 6.07 Å². The molecule has 6 heteroatoms. The van der Waals surface area contributed by atoms with Gasteiger partial charge >= 0.3 is 6.18 Å². The molecule has 2 N–H and O–H groups in total. The zero-order valence-corrected chi connectivity index (χ0v) is 8.54. The van der Waals surface area contributed by atoms with Gasteiger partial charge in [-0.05, 0) is 12.1 Å². The first kappa shape index (κ1) is 12.2. The Balaban J connectivity index is 3.01. The largest absolute Gasteiger partial charge is 0.405 e. The molecule has 1 aromatic rings. The molecule has 0 atom stereocenters. The lowest BCUT2D eigenvalue weighted by atomic mass is 10.1. The van der Waals surface area contributed by atoms with E-state index in [2.05, 4.69) is 0 Å². The Kier molecular flexibility index (Phi) is 3.28. The van der Waals surface area contributed by atoms with Crippen molar-refractivity contribution in [1.82, 2.24) is 0 Å². The van der Waals surface area contributed by atoms with E-state index < -0.39 is 12.7 Å². The second-order valence-corrected chi connectivity index (χ2v) is 3.32. The number of nitriles is 1. The second kappa shape index (κ2) is 4.31. The molecule has 1 rings (SSSR count). The van der Waals surface area contributed by atoms with Crippen molar-refractivity contribution in [2.45, 2.75) is 6.18 Å². The van der Waals surface area contributed by atoms with Crippen LogP contribution in [0.2, 0.25) is 0 Å². The van der Waals surface area contributed by atoms with Crippen molar-refractivity contribution < 1.29 is 13.2 Å². The summed E-state index contributed by atoms with van der Waals surface area (Å²) < 4.78 is 36.5. The third kappa shape index (κ3) is 2.79. The molecule has 0 aliphatic heterocycles. The van der Waals surface area contributed by atoms with E-state index >= 15 is 0 Å². The summed E-state index contributed by atoms with van der Waals surface area (Å²) in [4.78, 5) is 0.968. The first-order valence-corrected chi connectivity index (χ1v) is 4.41. The Morgan fingerprint density at radius 2 is 2.06 bits per heavy atom. The molecule has 0 heterocycles. The molecule has 0 aliphatic rings. The average molecular weight is 229 g/mol. The molecule has 0 aliphatic carbocycles. The first-order valence-electron chi connectivity index (χ1n) is 4.41. The van der Waals surface area contributed by atoms with Crippen LogP contribution in [0.15, 0.2) is 18.2 Å². The number of alkyl halides is 3. The number of halogens is 3. The van der Waals surface area contributed by atoms with Crippen molar-refractivity contribution in [2.75, 3.05) is 24.2 Å². The van der Waals surface area contributed by atoms with Gasteiger partial charge in [0.25, 0.3) is 0 Å². The number of nitrogens with zero attached hydrogens (tertiary/aromatic N) is 2. The smallest absolute Gasteiger partial charge is 0.396 e. The van der Waals surface area contributed by atoms with Crippen LogP contribution in [0.5, 0.6) is 0 Å². The van der Waals surface area contributed by atoms with Crippen molar-refractivity contribution in [3.8, 4) is 6.07 Å². The number of hydrogen-bond donors (Lipinski definition) is 1. The highest BCUT2D eigenvalue weighted by molar-refractivity contribution is 5.73. The number of benzene rings is 1. The van der Waals surface area contributed by atoms with Crippen LogP contribution in [0.1, 0.15) is 5.56 Å². The summed E-state index contributed by atoms with van der Waals surface area (Å²) >= 11 is 0. The molecule has 0 unspecified atom stereocenters. The number of hydrogen-bond acceptors (Lipinski definition) is 3. The summed E-state index contributed by atoms with van der Waals surface area (Å²) in [5.74, 6) is 0. The number of nitrogens with two attached hydrogens (primary N) is 1. The number of anilines is 2. The van der Waals surface area contributed by atoms with Crippen LogP contribution >= 0.6 is 0 Å². The van der Waals surface area contributed by atoms with Crippen molar-refractivity contribution >= 4 is 11.4 Å². The van der Waals surface area contributed by atoms with Gasteiger partial charge in [-0.3, -0.25) is 0 Å². The van der Waals surface area contributed by atoms with E-state index in [0.717, 1.165) is 4.90 Å². The molecule has 0 saturated carbocycles. The van der Waals surface area contributed by atoms with Gasteiger partial charge in [-0.15, -0.1) is 0 Å². The van der Waals surface area contributed by atoms with E-state index in [4.69, 9.17) is 11.0 Å². The van der Waals surface area contributed by atoms with Crippen molar-refractivity contribution in [3.05, 3.63) is 23.8 Å². The Morgan fingerprint density at radius 1 is 1.44 bits per heavy atom. The predicted octanol–water partition coefficient (Wildman–Crippen LogP) is 2.14. The maximum Gasteiger partial charge on any atom is 0.405 e. The highest BCUT2D eigenvalue weighted by Gasteiger charge is 2.30. The van der Waals surface area contributed by atoms with Crippen LogP contribution in [-0.2, 0) is 0 Å². The zero-order chi connectivity index (χ0) is 12.3. The van der Waals surface area contributed by atoms with Gasteiger partial charge in [-0.2, -0.15) is 18.4 Å². The highest BCUT2D eigenvalue weighted by Crippen LogP contribution is 2.27. The molecule has 0 spiro atoms. The normalized spacial score (nSPS) is 10.9. The molecule has 16 heavy (non-hydrogen) atoms. The lowest BCUT2D eigenvalue weighted by Crippen LogP contribution is -2.31. The summed E-state index contributed by atoms with van der Waals surface area (Å²) in [5, 5.41) is 8.69. The Hall–Kier alpha value is -1.90. The van der Waals surface area contributed by atoms with Gasteiger partial charge in [-0.1, -0.05) is 6.07 Å². The SMILES string of the molecule is CN(CC(F)(F)F)c1cccc(C#N)c1N. The van der Waals surface area contributed by atoms with E-state index in [1.54, 1.807) is 0 Å². The molecule has 0 bridgehead atoms. The molecular formula is C10H10F3N3. The van der Waals surface area contributed by atoms with Gasteiger partial charge in [-0.25, -0.2) is 0 Å². The number of para-hydroxylation sites is 1. The standard InChI is InChI=1S/C10H10F3N3/c1-16(6-10(11,12)13)8-4-2-3-7(5-14)9(8)15/h2-4H,6,15H2,1H3. The first-order chi connectivity index (χ1) is 7.35. The van der Waals surface area contributed by atoms with Crippen LogP contribution in [-0.4, -0.2) is 19.8 Å². The van der Waals surface area contributed by atoms with Crippen LogP contribution in [0.25, 0.3) is 0 Å². The van der Waals surface area contributed by atoms with Gasteiger partial charge in [0, 0.05) is 7.05 Å². The van der Waals surface area contributed by atoms with Crippen LogP contribution in [0.4, 0.5) is 24.5 Å². The molecule has 1 aromatic carbocycles. The molecule has 0 saturated heterocycles. The van der Waals surface area contributed by atoms with Gasteiger partial charge < -0.3 is 10.6 Å². The third-order valence-corrected chi connectivity index (χ3v) is 2.03. The predicted molar refractivity (Wildman–Crippen MR) is 54.9 cm³/mol. The molecule has 0 amide bonds. The second-order valence-electron chi connectivity index (χ2n) is 3.32. The van der Waals surface area contributed by atoms with E-state index in [0.29, 0.717) is 0 Å². The molecule has 0 aromatic heterocycles. The van der Waals surface area contributed by atoms with Gasteiger partial charge in [0.1, 0.15) is 12.6 Å². The lowest BCUT2D eigenvalue weighted by molar-refractivity contribution is -0.119. The summed E-state index contributed by atoms with van der Waals surface area (Å²) in [5.41, 5.74) is 6.03. The summed E-state index contributed by atoms with van der Waals surface area (Å²) in [6.45, 7) is -1.11. The summed E-state index contributed by atoms with van der Waals surface area (Å²) in [6.07, 6.45) is -4.30. The maximum absolute atomic E-state index is 12.2. The van der Waals surface area contributed by atoms with Crippen LogP contribution in [0, 0.1) is 11.3 Å². The Morgan fingerprint density at radius 3 is 2.56 bits per heavy atom. The number of rotatable bonds is 2. The van der Waals surface area contributed by atoms with E-state index in [1.165, 1.54) is 25.2 Å². The average Bonchev–Trinajstić information content (AvgIpc) is 2.15. The van der Waals surface area contributed by atoms with Crippen molar-refractivity contribution in [1.29, 1.82) is 5.26 Å². The Bertz CT molecular complexity index is 420. The van der Waals surface area contributed by atoms with E-state index in [-0.39, 0.29) is 16.9 Å². The quantitative estimate of drug-likeness (QED) is 0.790. The molecule has 0 radical (unpaired) electrons. The van der Waals surface area contributed by atoms with Gasteiger partial charge in [0.2, 0.25) is 0 Å². The zero-order valence-electron chi connectivity index (χ0n) is 8.54. The minimum atomic E-state index is -4.30. The monoisotopic (exact) mass is 229 g/mol. The minimum absolute atomic E-state index is 0.0664. The highest BCUT2D eigenvalue weighted by atomic mass is 19.4. The summed E-state index contributed by atoms with van der Waals surface area (Å²) in [7, 11) is 1.28. The van der Waals surface area contributed by atoms with Crippen LogP contribution in [0.3, 0.4) is 0 Å². The van der Waals surface area contributed by atoms with Crippen molar-refractivity contribution in [2.24, 2.45) is 0 Å². The fourth-order valence-electron chi connectivity index (χ4n) is 1.34. The van der Waals surface area contributed by atoms with Crippen molar-refractivity contribution in [3.63, 3.8) is 0 Å².